The van der Waals surface area contributed by atoms with Crippen molar-refractivity contribution in [3.05, 3.63) is 81.8 Å². The molecule has 0 saturated heterocycles. The maximum atomic E-state index is 12.8. The molecule has 1 heterocycles. The average molecular weight is 479 g/mol. The lowest BCUT2D eigenvalue weighted by Crippen LogP contribution is -2.55. The summed E-state index contributed by atoms with van der Waals surface area (Å²) in [7, 11) is 0. The van der Waals surface area contributed by atoms with Gasteiger partial charge in [-0.2, -0.15) is 0 Å². The van der Waals surface area contributed by atoms with Crippen molar-refractivity contribution >= 4 is 23.3 Å². The first-order chi connectivity index (χ1) is 16.6. The van der Waals surface area contributed by atoms with Crippen molar-refractivity contribution in [1.29, 1.82) is 0 Å². The molecule has 1 saturated carbocycles. The van der Waals surface area contributed by atoms with Gasteiger partial charge in [0.05, 0.1) is 6.04 Å². The first-order valence-corrected chi connectivity index (χ1v) is 12.5. The van der Waals surface area contributed by atoms with Gasteiger partial charge < -0.3 is 20.7 Å². The van der Waals surface area contributed by atoms with Crippen LogP contribution in [0.2, 0.25) is 0 Å². The minimum Gasteiger partial charge on any atom is -0.486 e. The van der Waals surface area contributed by atoms with Crippen LogP contribution >= 0.6 is 11.3 Å². The van der Waals surface area contributed by atoms with Crippen molar-refractivity contribution in [3.8, 4) is 5.75 Å². The SMILES string of the molecule is Cc1ccc(OCc2nc(C(=O)N[C@@H]3CCCC[C@@H]3NC(=O)NCc3ccccc3)cs2)cc1. The summed E-state index contributed by atoms with van der Waals surface area (Å²) in [6.45, 7) is 2.80. The van der Waals surface area contributed by atoms with E-state index < -0.39 is 0 Å². The molecule has 8 heteroatoms. The summed E-state index contributed by atoms with van der Waals surface area (Å²) >= 11 is 1.40. The number of ether oxygens (including phenoxy) is 1. The summed E-state index contributed by atoms with van der Waals surface area (Å²) in [6, 6.07) is 17.1. The fourth-order valence-electron chi connectivity index (χ4n) is 3.98. The predicted octanol–water partition coefficient (Wildman–Crippen LogP) is 4.57. The maximum absolute atomic E-state index is 12.8. The lowest BCUT2D eigenvalue weighted by atomic mass is 9.90. The molecule has 0 spiro atoms. The zero-order chi connectivity index (χ0) is 23.8. The van der Waals surface area contributed by atoms with Crippen LogP contribution in [-0.4, -0.2) is 29.0 Å². The molecule has 0 aliphatic heterocycles. The third-order valence-corrected chi connectivity index (χ3v) is 6.68. The van der Waals surface area contributed by atoms with Crippen molar-refractivity contribution in [2.75, 3.05) is 0 Å². The standard InChI is InChI=1S/C26H30N4O3S/c1-18-11-13-20(14-12-18)33-16-24-28-23(17-34-24)25(31)29-21-9-5-6-10-22(21)30-26(32)27-15-19-7-3-2-4-8-19/h2-4,7-8,11-14,17,21-22H,5-6,9-10,15-16H2,1H3,(H,29,31)(H2,27,30,32)/t21-,22+/m1/s1. The van der Waals surface area contributed by atoms with E-state index in [1.807, 2.05) is 61.5 Å². The molecule has 34 heavy (non-hydrogen) atoms. The van der Waals surface area contributed by atoms with E-state index in [0.717, 1.165) is 42.0 Å². The van der Waals surface area contributed by atoms with Gasteiger partial charge in [-0.05, 0) is 37.5 Å². The van der Waals surface area contributed by atoms with Gasteiger partial charge in [-0.1, -0.05) is 60.9 Å². The van der Waals surface area contributed by atoms with Gasteiger partial charge in [-0.15, -0.1) is 11.3 Å². The van der Waals surface area contributed by atoms with Gasteiger partial charge in [0.1, 0.15) is 23.1 Å². The number of rotatable bonds is 8. The molecule has 1 aliphatic rings. The molecule has 1 aromatic heterocycles. The molecule has 3 N–H and O–H groups in total. The number of nitrogens with zero attached hydrogens (tertiary/aromatic N) is 1. The van der Waals surface area contributed by atoms with Crippen molar-refractivity contribution in [2.24, 2.45) is 0 Å². The molecule has 0 bridgehead atoms. The number of urea groups is 1. The van der Waals surface area contributed by atoms with E-state index in [0.29, 0.717) is 18.8 Å². The van der Waals surface area contributed by atoms with Crippen LogP contribution in [0.5, 0.6) is 5.75 Å². The highest BCUT2D eigenvalue weighted by atomic mass is 32.1. The van der Waals surface area contributed by atoms with Crippen LogP contribution in [0.15, 0.2) is 60.0 Å². The molecule has 7 nitrogen and oxygen atoms in total. The number of hydrogen-bond acceptors (Lipinski definition) is 5. The van der Waals surface area contributed by atoms with Crippen LogP contribution < -0.4 is 20.7 Å². The number of carbonyl (C=O) groups excluding carboxylic acids is 2. The number of carbonyl (C=O) groups is 2. The van der Waals surface area contributed by atoms with Crippen LogP contribution in [0.25, 0.3) is 0 Å². The Morgan fingerprint density at radius 2 is 1.71 bits per heavy atom. The number of amides is 3. The highest BCUT2D eigenvalue weighted by Crippen LogP contribution is 2.20. The van der Waals surface area contributed by atoms with Crippen molar-refractivity contribution in [2.45, 2.75) is 57.8 Å². The number of aromatic nitrogens is 1. The Kier molecular flexibility index (Phi) is 8.14. The summed E-state index contributed by atoms with van der Waals surface area (Å²) in [5.74, 6) is 0.551. The molecule has 1 fully saturated rings. The van der Waals surface area contributed by atoms with Crippen LogP contribution in [0.4, 0.5) is 4.79 Å². The summed E-state index contributed by atoms with van der Waals surface area (Å²) in [6.07, 6.45) is 3.69. The summed E-state index contributed by atoms with van der Waals surface area (Å²) in [5.41, 5.74) is 2.59. The quantitative estimate of drug-likeness (QED) is 0.442. The van der Waals surface area contributed by atoms with E-state index in [9.17, 15) is 9.59 Å². The zero-order valence-electron chi connectivity index (χ0n) is 19.3. The first kappa shape index (κ1) is 23.8. The number of benzene rings is 2. The molecule has 4 rings (SSSR count). The van der Waals surface area contributed by atoms with Crippen LogP contribution in [0.3, 0.4) is 0 Å². The highest BCUT2D eigenvalue weighted by molar-refractivity contribution is 7.09. The van der Waals surface area contributed by atoms with Crippen LogP contribution in [0, 0.1) is 6.92 Å². The molecule has 0 unspecified atom stereocenters. The number of thiazole rings is 1. The molecule has 3 amide bonds. The topological polar surface area (TPSA) is 92.3 Å². The summed E-state index contributed by atoms with van der Waals surface area (Å²) in [5, 5.41) is 11.5. The highest BCUT2D eigenvalue weighted by Gasteiger charge is 2.28. The third-order valence-electron chi connectivity index (χ3n) is 5.86. The minimum atomic E-state index is -0.223. The Morgan fingerprint density at radius 3 is 2.44 bits per heavy atom. The second-order valence-electron chi connectivity index (χ2n) is 8.51. The molecular weight excluding hydrogens is 448 g/mol. The van der Waals surface area contributed by atoms with E-state index in [1.54, 1.807) is 5.38 Å². The van der Waals surface area contributed by atoms with Crippen LogP contribution in [-0.2, 0) is 13.2 Å². The zero-order valence-corrected chi connectivity index (χ0v) is 20.1. The molecular formula is C26H30N4O3S. The Bertz CT molecular complexity index is 1080. The van der Waals surface area contributed by atoms with Gasteiger partial charge in [0.25, 0.3) is 5.91 Å². The summed E-state index contributed by atoms with van der Waals surface area (Å²) < 4.78 is 5.77. The molecule has 0 radical (unpaired) electrons. The second-order valence-corrected chi connectivity index (χ2v) is 9.45. The Balaban J connectivity index is 1.27. The Hall–Kier alpha value is -3.39. The van der Waals surface area contributed by atoms with E-state index in [1.165, 1.54) is 16.9 Å². The van der Waals surface area contributed by atoms with Gasteiger partial charge in [0, 0.05) is 18.0 Å². The van der Waals surface area contributed by atoms with Gasteiger partial charge >= 0.3 is 6.03 Å². The third kappa shape index (κ3) is 6.81. The van der Waals surface area contributed by atoms with Crippen molar-refractivity contribution < 1.29 is 14.3 Å². The molecule has 1 aliphatic carbocycles. The normalized spacial score (nSPS) is 17.6. The minimum absolute atomic E-state index is 0.114. The van der Waals surface area contributed by atoms with Crippen molar-refractivity contribution in [3.63, 3.8) is 0 Å². The molecule has 178 valence electrons. The predicted molar refractivity (Wildman–Crippen MR) is 133 cm³/mol. The van der Waals surface area contributed by atoms with Crippen LogP contribution in [0.1, 0.15) is 52.3 Å². The fraction of sp³-hybridized carbons (Fsp3) is 0.346. The van der Waals surface area contributed by atoms with Gasteiger partial charge in [0.15, 0.2) is 0 Å². The molecule has 3 aromatic rings. The van der Waals surface area contributed by atoms with Crippen molar-refractivity contribution in [1.82, 2.24) is 20.9 Å². The monoisotopic (exact) mass is 478 g/mol. The lowest BCUT2D eigenvalue weighted by Gasteiger charge is -2.32. The van der Waals surface area contributed by atoms with Gasteiger partial charge in [0.2, 0.25) is 0 Å². The average Bonchev–Trinajstić information content (AvgIpc) is 3.34. The first-order valence-electron chi connectivity index (χ1n) is 11.6. The lowest BCUT2D eigenvalue weighted by molar-refractivity contribution is 0.0911. The van der Waals surface area contributed by atoms with E-state index in [4.69, 9.17) is 4.74 Å². The van der Waals surface area contributed by atoms with Gasteiger partial charge in [-0.25, -0.2) is 9.78 Å². The number of hydrogen-bond donors (Lipinski definition) is 3. The summed E-state index contributed by atoms with van der Waals surface area (Å²) in [4.78, 5) is 29.7. The molecule has 2 atom stereocenters. The fourth-order valence-corrected chi connectivity index (χ4v) is 4.66. The number of aryl methyl sites for hydroxylation is 1. The largest absolute Gasteiger partial charge is 0.486 e. The van der Waals surface area contributed by atoms with E-state index >= 15 is 0 Å². The van der Waals surface area contributed by atoms with E-state index in [2.05, 4.69) is 20.9 Å². The van der Waals surface area contributed by atoms with Gasteiger partial charge in [-0.3, -0.25) is 4.79 Å². The Labute approximate surface area is 204 Å². The smallest absolute Gasteiger partial charge is 0.315 e. The van der Waals surface area contributed by atoms with E-state index in [-0.39, 0.29) is 24.0 Å². The Morgan fingerprint density at radius 1 is 1.00 bits per heavy atom. The maximum Gasteiger partial charge on any atom is 0.315 e. The number of nitrogens with one attached hydrogen (secondary N) is 3. The second kappa shape index (κ2) is 11.7. The molecule has 2 aromatic carbocycles.